The standard InChI is InChI=1S/C19H19N7O2/c1-24-10-13(9-21-24)14-5-4-12-8-20-17(7-15(12)22-14)23-19(28)26-11-25-6-2-3-16(25)18(26)27/h4-5,7-10,16H,2-3,6,11H2,1H3,(H,20,23,28)/t16-/m1/s1. The molecule has 2 aliphatic rings. The van der Waals surface area contributed by atoms with E-state index in [0.717, 1.165) is 36.0 Å². The number of nitrogens with one attached hydrogen (secondary N) is 1. The first-order valence-corrected chi connectivity index (χ1v) is 9.21. The lowest BCUT2D eigenvalue weighted by atomic mass is 10.2. The summed E-state index contributed by atoms with van der Waals surface area (Å²) >= 11 is 0. The van der Waals surface area contributed by atoms with Gasteiger partial charge in [0.1, 0.15) is 5.82 Å². The average Bonchev–Trinajstić information content (AvgIpc) is 3.39. The van der Waals surface area contributed by atoms with Crippen molar-refractivity contribution in [2.24, 2.45) is 7.05 Å². The molecule has 142 valence electrons. The summed E-state index contributed by atoms with van der Waals surface area (Å²) in [7, 11) is 1.85. The maximum absolute atomic E-state index is 12.6. The summed E-state index contributed by atoms with van der Waals surface area (Å²) in [6.07, 6.45) is 7.13. The van der Waals surface area contributed by atoms with Crippen LogP contribution in [0.4, 0.5) is 10.6 Å². The fraction of sp³-hybridized carbons (Fsp3) is 0.316. The van der Waals surface area contributed by atoms with Crippen molar-refractivity contribution in [2.45, 2.75) is 18.9 Å². The zero-order valence-electron chi connectivity index (χ0n) is 15.4. The van der Waals surface area contributed by atoms with Gasteiger partial charge < -0.3 is 0 Å². The van der Waals surface area contributed by atoms with E-state index < -0.39 is 6.03 Å². The SMILES string of the molecule is Cn1cc(-c2ccc3cnc(NC(=O)N4CN5CCC[C@@H]5C4=O)cc3n2)cn1. The molecule has 9 nitrogen and oxygen atoms in total. The highest BCUT2D eigenvalue weighted by molar-refractivity contribution is 6.04. The van der Waals surface area contributed by atoms with E-state index in [-0.39, 0.29) is 11.9 Å². The molecule has 0 saturated carbocycles. The molecule has 5 rings (SSSR count). The zero-order chi connectivity index (χ0) is 19.3. The van der Waals surface area contributed by atoms with Crippen molar-refractivity contribution >= 4 is 28.7 Å². The second-order valence-corrected chi connectivity index (χ2v) is 7.17. The number of carbonyl (C=O) groups is 2. The molecule has 0 bridgehead atoms. The predicted molar refractivity (Wildman–Crippen MR) is 102 cm³/mol. The third-order valence-corrected chi connectivity index (χ3v) is 5.29. The maximum atomic E-state index is 12.6. The molecule has 9 heteroatoms. The van der Waals surface area contributed by atoms with Crippen LogP contribution >= 0.6 is 0 Å². The van der Waals surface area contributed by atoms with Crippen molar-refractivity contribution in [1.82, 2.24) is 29.5 Å². The van der Waals surface area contributed by atoms with Crippen LogP contribution in [0, 0.1) is 0 Å². The molecule has 1 N–H and O–H groups in total. The fourth-order valence-corrected chi connectivity index (χ4v) is 3.85. The number of amides is 3. The van der Waals surface area contributed by atoms with Crippen molar-refractivity contribution in [3.63, 3.8) is 0 Å². The molecule has 2 aliphatic heterocycles. The average molecular weight is 377 g/mol. The Bertz CT molecular complexity index is 1090. The summed E-state index contributed by atoms with van der Waals surface area (Å²) in [5.41, 5.74) is 2.41. The van der Waals surface area contributed by atoms with Crippen molar-refractivity contribution in [3.05, 3.63) is 36.8 Å². The molecule has 5 heterocycles. The smallest absolute Gasteiger partial charge is 0.292 e. The second-order valence-electron chi connectivity index (χ2n) is 7.17. The number of hydrogen-bond acceptors (Lipinski definition) is 6. The van der Waals surface area contributed by atoms with Crippen LogP contribution in [-0.4, -0.2) is 60.7 Å². The van der Waals surface area contributed by atoms with Crippen LogP contribution in [0.3, 0.4) is 0 Å². The van der Waals surface area contributed by atoms with Crippen LogP contribution in [0.15, 0.2) is 36.8 Å². The van der Waals surface area contributed by atoms with E-state index in [1.54, 1.807) is 23.1 Å². The minimum absolute atomic E-state index is 0.132. The molecule has 2 saturated heterocycles. The van der Waals surface area contributed by atoms with Gasteiger partial charge in [0.05, 0.1) is 30.1 Å². The van der Waals surface area contributed by atoms with Gasteiger partial charge in [-0.05, 0) is 25.0 Å². The Hall–Kier alpha value is -3.33. The van der Waals surface area contributed by atoms with Crippen molar-refractivity contribution in [1.29, 1.82) is 0 Å². The monoisotopic (exact) mass is 377 g/mol. The summed E-state index contributed by atoms with van der Waals surface area (Å²) in [5, 5.41) is 7.77. The lowest BCUT2D eigenvalue weighted by Gasteiger charge is -2.16. The van der Waals surface area contributed by atoms with Crippen LogP contribution in [-0.2, 0) is 11.8 Å². The number of aryl methyl sites for hydroxylation is 1. The van der Waals surface area contributed by atoms with Gasteiger partial charge in [-0.25, -0.2) is 19.7 Å². The van der Waals surface area contributed by atoms with E-state index in [9.17, 15) is 9.59 Å². The second kappa shape index (κ2) is 6.38. The van der Waals surface area contributed by atoms with Crippen LogP contribution < -0.4 is 5.32 Å². The molecule has 28 heavy (non-hydrogen) atoms. The number of nitrogens with zero attached hydrogens (tertiary/aromatic N) is 6. The van der Waals surface area contributed by atoms with Crippen LogP contribution in [0.25, 0.3) is 22.2 Å². The van der Waals surface area contributed by atoms with E-state index in [1.807, 2.05) is 30.3 Å². The van der Waals surface area contributed by atoms with Crippen molar-refractivity contribution in [2.75, 3.05) is 18.5 Å². The van der Waals surface area contributed by atoms with Gasteiger partial charge in [0, 0.05) is 43.0 Å². The number of rotatable bonds is 2. The molecule has 0 aliphatic carbocycles. The van der Waals surface area contributed by atoms with Gasteiger partial charge in [0.2, 0.25) is 5.91 Å². The summed E-state index contributed by atoms with van der Waals surface area (Å²) in [5.74, 6) is 0.237. The van der Waals surface area contributed by atoms with E-state index in [0.29, 0.717) is 18.0 Å². The molecular formula is C19H19N7O2. The molecule has 3 amide bonds. The Morgan fingerprint density at radius 1 is 1.29 bits per heavy atom. The Labute approximate surface area is 161 Å². The third-order valence-electron chi connectivity index (χ3n) is 5.29. The first-order valence-electron chi connectivity index (χ1n) is 9.21. The molecule has 2 fully saturated rings. The zero-order valence-corrected chi connectivity index (χ0v) is 15.4. The number of hydrogen-bond donors (Lipinski definition) is 1. The molecule has 0 aromatic carbocycles. The Kier molecular flexibility index (Phi) is 3.83. The fourth-order valence-electron chi connectivity index (χ4n) is 3.85. The number of fused-ring (bicyclic) bond motifs is 2. The first kappa shape index (κ1) is 16.8. The highest BCUT2D eigenvalue weighted by atomic mass is 16.2. The Morgan fingerprint density at radius 3 is 2.96 bits per heavy atom. The highest BCUT2D eigenvalue weighted by Crippen LogP contribution is 2.26. The number of pyridine rings is 2. The van der Waals surface area contributed by atoms with Crippen molar-refractivity contribution < 1.29 is 9.59 Å². The molecule has 3 aromatic heterocycles. The Morgan fingerprint density at radius 2 is 2.18 bits per heavy atom. The van der Waals surface area contributed by atoms with Crippen LogP contribution in [0.2, 0.25) is 0 Å². The normalized spacial score (nSPS) is 19.4. The van der Waals surface area contributed by atoms with Gasteiger partial charge in [0.25, 0.3) is 0 Å². The number of carbonyl (C=O) groups excluding carboxylic acids is 2. The summed E-state index contributed by atoms with van der Waals surface area (Å²) < 4.78 is 1.72. The predicted octanol–water partition coefficient (Wildman–Crippen LogP) is 1.83. The topological polar surface area (TPSA) is 96.2 Å². The number of anilines is 1. The van der Waals surface area contributed by atoms with Gasteiger partial charge in [0.15, 0.2) is 0 Å². The maximum Gasteiger partial charge on any atom is 0.330 e. The Balaban J connectivity index is 1.38. The van der Waals surface area contributed by atoms with Gasteiger partial charge in [-0.2, -0.15) is 5.10 Å². The van der Waals surface area contributed by atoms with Gasteiger partial charge in [-0.3, -0.25) is 19.7 Å². The molecule has 0 radical (unpaired) electrons. The van der Waals surface area contributed by atoms with Crippen molar-refractivity contribution in [3.8, 4) is 11.3 Å². The molecule has 0 spiro atoms. The quantitative estimate of drug-likeness (QED) is 0.732. The third kappa shape index (κ3) is 2.80. The molecular weight excluding hydrogens is 358 g/mol. The van der Waals surface area contributed by atoms with Gasteiger partial charge >= 0.3 is 6.03 Å². The molecule has 1 atom stereocenters. The molecule has 0 unspecified atom stereocenters. The lowest BCUT2D eigenvalue weighted by Crippen LogP contribution is -2.38. The number of aromatic nitrogens is 4. The van der Waals surface area contributed by atoms with E-state index >= 15 is 0 Å². The van der Waals surface area contributed by atoms with Gasteiger partial charge in [-0.15, -0.1) is 0 Å². The largest absolute Gasteiger partial charge is 0.330 e. The lowest BCUT2D eigenvalue weighted by molar-refractivity contribution is -0.126. The van der Waals surface area contributed by atoms with E-state index in [4.69, 9.17) is 0 Å². The summed E-state index contributed by atoms with van der Waals surface area (Å²) in [4.78, 5) is 37.2. The van der Waals surface area contributed by atoms with E-state index in [1.165, 1.54) is 4.90 Å². The number of urea groups is 1. The van der Waals surface area contributed by atoms with Crippen LogP contribution in [0.1, 0.15) is 12.8 Å². The van der Waals surface area contributed by atoms with Gasteiger partial charge in [-0.1, -0.05) is 0 Å². The summed E-state index contributed by atoms with van der Waals surface area (Å²) in [6, 6.07) is 4.96. The minimum Gasteiger partial charge on any atom is -0.292 e. The molecule has 3 aromatic rings. The summed E-state index contributed by atoms with van der Waals surface area (Å²) in [6.45, 7) is 1.20. The first-order chi connectivity index (χ1) is 13.6. The minimum atomic E-state index is -0.449. The highest BCUT2D eigenvalue weighted by Gasteiger charge is 2.43. The number of imide groups is 1. The van der Waals surface area contributed by atoms with E-state index in [2.05, 4.69) is 20.4 Å². The van der Waals surface area contributed by atoms with Crippen LogP contribution in [0.5, 0.6) is 0 Å².